The summed E-state index contributed by atoms with van der Waals surface area (Å²) in [4.78, 5) is 7.33. The van der Waals surface area contributed by atoms with Gasteiger partial charge in [-0.05, 0) is 24.4 Å². The van der Waals surface area contributed by atoms with Crippen LogP contribution in [0.5, 0.6) is 0 Å². The van der Waals surface area contributed by atoms with Crippen LogP contribution in [0.2, 0.25) is 0 Å². The number of rotatable bonds is 6. The summed E-state index contributed by atoms with van der Waals surface area (Å²) in [7, 11) is 0. The molecule has 0 aromatic rings. The first-order valence-electron chi connectivity index (χ1n) is 3.07. The van der Waals surface area contributed by atoms with Crippen molar-refractivity contribution < 1.29 is 4.74 Å². The van der Waals surface area contributed by atoms with Crippen LogP contribution < -0.4 is 0 Å². The fourth-order valence-electron chi connectivity index (χ4n) is 0.414. The Kier molecular flexibility index (Phi) is 9.18. The van der Waals surface area contributed by atoms with E-state index in [1.54, 1.807) is 0 Å². The third kappa shape index (κ3) is 9.56. The number of nitrogens with zero attached hydrogens (tertiary/aromatic N) is 2. The van der Waals surface area contributed by atoms with Crippen molar-refractivity contribution in [2.24, 2.45) is 9.98 Å². The van der Waals surface area contributed by atoms with Gasteiger partial charge in [-0.1, -0.05) is 0 Å². The van der Waals surface area contributed by atoms with E-state index in [0.717, 1.165) is 0 Å². The van der Waals surface area contributed by atoms with E-state index < -0.39 is 0 Å². The Morgan fingerprint density at radius 3 is 1.82 bits per heavy atom. The second kappa shape index (κ2) is 9.56. The van der Waals surface area contributed by atoms with Gasteiger partial charge in [0.1, 0.15) is 0 Å². The quantitative estimate of drug-likeness (QED) is 0.357. The topological polar surface area (TPSA) is 34.0 Å². The van der Waals surface area contributed by atoms with Crippen LogP contribution >= 0.6 is 24.4 Å². The van der Waals surface area contributed by atoms with Gasteiger partial charge in [-0.15, -0.1) is 0 Å². The molecule has 0 bridgehead atoms. The fourth-order valence-corrected chi connectivity index (χ4v) is 0.596. The van der Waals surface area contributed by atoms with Gasteiger partial charge >= 0.3 is 0 Å². The third-order valence-corrected chi connectivity index (χ3v) is 1.08. The zero-order valence-electron chi connectivity index (χ0n) is 5.95. The van der Waals surface area contributed by atoms with E-state index >= 15 is 0 Å². The van der Waals surface area contributed by atoms with Gasteiger partial charge in [-0.3, -0.25) is 0 Å². The highest BCUT2D eigenvalue weighted by Gasteiger charge is 1.83. The van der Waals surface area contributed by atoms with Gasteiger partial charge in [0.25, 0.3) is 0 Å². The summed E-state index contributed by atoms with van der Waals surface area (Å²) in [5, 5.41) is 4.49. The first kappa shape index (κ1) is 10.6. The van der Waals surface area contributed by atoms with E-state index in [1.807, 2.05) is 0 Å². The van der Waals surface area contributed by atoms with Crippen molar-refractivity contribution in [2.75, 3.05) is 26.3 Å². The Morgan fingerprint density at radius 2 is 1.45 bits per heavy atom. The highest BCUT2D eigenvalue weighted by Crippen LogP contribution is 1.76. The maximum Gasteiger partial charge on any atom is 0.0727 e. The molecule has 5 heteroatoms. The Bertz CT molecular complexity index is 163. The Labute approximate surface area is 76.2 Å². The van der Waals surface area contributed by atoms with Crippen molar-refractivity contribution in [3.05, 3.63) is 0 Å². The lowest BCUT2D eigenvalue weighted by Crippen LogP contribution is -2.01. The average molecular weight is 188 g/mol. The van der Waals surface area contributed by atoms with E-state index in [4.69, 9.17) is 4.74 Å². The summed E-state index contributed by atoms with van der Waals surface area (Å²) in [5.41, 5.74) is 0. The lowest BCUT2D eigenvalue weighted by atomic mass is 10.7. The molecule has 0 aliphatic rings. The number of thiocarbonyl (C=S) groups is 2. The Balaban J connectivity index is 3.02. The number of isothiocyanates is 2. The molecule has 0 saturated heterocycles. The minimum absolute atomic E-state index is 0.552. The van der Waals surface area contributed by atoms with Gasteiger partial charge in [-0.25, -0.2) is 9.98 Å². The first-order chi connectivity index (χ1) is 5.41. The maximum atomic E-state index is 5.08. The molecule has 0 amide bonds. The van der Waals surface area contributed by atoms with Crippen molar-refractivity contribution >= 4 is 34.8 Å². The zero-order valence-corrected chi connectivity index (χ0v) is 7.58. The molecule has 0 N–H and O–H groups in total. The predicted molar refractivity (Wildman–Crippen MR) is 50.6 cm³/mol. The molecule has 0 radical (unpaired) electrons. The molecule has 0 aliphatic heterocycles. The summed E-state index contributed by atoms with van der Waals surface area (Å²) in [6, 6.07) is 0. The van der Waals surface area contributed by atoms with Crippen molar-refractivity contribution in [3.8, 4) is 0 Å². The standard InChI is InChI=1S/C6H8N2OS2/c10-5-7-1-3-9-4-2-8-6-11/h1-4H2. The fraction of sp³-hybridized carbons (Fsp3) is 0.667. The van der Waals surface area contributed by atoms with E-state index in [1.165, 1.54) is 0 Å². The molecule has 0 aromatic heterocycles. The Hall–Kier alpha value is -0.440. The van der Waals surface area contributed by atoms with Crippen molar-refractivity contribution in [2.45, 2.75) is 0 Å². The molecule has 0 saturated carbocycles. The van der Waals surface area contributed by atoms with E-state index in [0.29, 0.717) is 26.3 Å². The molecule has 0 atom stereocenters. The maximum absolute atomic E-state index is 5.08. The molecule has 11 heavy (non-hydrogen) atoms. The summed E-state index contributed by atoms with van der Waals surface area (Å²) >= 11 is 8.71. The van der Waals surface area contributed by atoms with Crippen LogP contribution in [-0.4, -0.2) is 36.6 Å². The Morgan fingerprint density at radius 1 is 1.00 bits per heavy atom. The van der Waals surface area contributed by atoms with Crippen molar-refractivity contribution in [1.82, 2.24) is 0 Å². The van der Waals surface area contributed by atoms with Gasteiger partial charge < -0.3 is 4.74 Å². The predicted octanol–water partition coefficient (Wildman–Crippen LogP) is 1.21. The van der Waals surface area contributed by atoms with Crippen LogP contribution in [0.3, 0.4) is 0 Å². The highest BCUT2D eigenvalue weighted by atomic mass is 32.1. The number of hydrogen-bond acceptors (Lipinski definition) is 5. The molecular weight excluding hydrogens is 180 g/mol. The first-order valence-corrected chi connectivity index (χ1v) is 3.88. The zero-order chi connectivity index (χ0) is 8.36. The van der Waals surface area contributed by atoms with Gasteiger partial charge in [0, 0.05) is 0 Å². The normalized spacial score (nSPS) is 8.00. The second-order valence-electron chi connectivity index (χ2n) is 1.56. The van der Waals surface area contributed by atoms with Crippen LogP contribution in [0.4, 0.5) is 0 Å². The average Bonchev–Trinajstić information content (AvgIpc) is 2.03. The van der Waals surface area contributed by atoms with Gasteiger partial charge in [0.15, 0.2) is 0 Å². The van der Waals surface area contributed by atoms with E-state index in [-0.39, 0.29) is 0 Å². The largest absolute Gasteiger partial charge is 0.378 e. The van der Waals surface area contributed by atoms with Crippen LogP contribution in [0.15, 0.2) is 9.98 Å². The monoisotopic (exact) mass is 188 g/mol. The molecule has 60 valence electrons. The van der Waals surface area contributed by atoms with Crippen molar-refractivity contribution in [3.63, 3.8) is 0 Å². The third-order valence-electron chi connectivity index (χ3n) is 0.824. The number of aliphatic imine (C=N–C) groups is 2. The van der Waals surface area contributed by atoms with Gasteiger partial charge in [0.2, 0.25) is 0 Å². The lowest BCUT2D eigenvalue weighted by molar-refractivity contribution is 0.150. The van der Waals surface area contributed by atoms with Crippen LogP contribution in [0.25, 0.3) is 0 Å². The molecule has 0 spiro atoms. The SMILES string of the molecule is S=C=NCCOCCN=C=S. The lowest BCUT2D eigenvalue weighted by Gasteiger charge is -1.95. The smallest absolute Gasteiger partial charge is 0.0727 e. The molecule has 0 rings (SSSR count). The van der Waals surface area contributed by atoms with E-state index in [2.05, 4.69) is 44.7 Å². The molecule has 0 fully saturated rings. The minimum Gasteiger partial charge on any atom is -0.378 e. The molecule has 3 nitrogen and oxygen atoms in total. The molecule has 0 unspecified atom stereocenters. The molecule has 0 heterocycles. The highest BCUT2D eigenvalue weighted by molar-refractivity contribution is 7.78. The summed E-state index contributed by atoms with van der Waals surface area (Å²) in [6.45, 7) is 2.22. The number of hydrogen-bond donors (Lipinski definition) is 0. The van der Waals surface area contributed by atoms with Gasteiger partial charge in [0.05, 0.1) is 36.6 Å². The summed E-state index contributed by atoms with van der Waals surface area (Å²) in [5.74, 6) is 0. The summed E-state index contributed by atoms with van der Waals surface area (Å²) in [6.07, 6.45) is 0. The van der Waals surface area contributed by atoms with Crippen LogP contribution in [-0.2, 0) is 4.74 Å². The number of ether oxygens (including phenoxy) is 1. The molecular formula is C6H8N2OS2. The minimum atomic E-state index is 0.552. The summed E-state index contributed by atoms with van der Waals surface area (Å²) < 4.78 is 5.08. The van der Waals surface area contributed by atoms with E-state index in [9.17, 15) is 0 Å². The second-order valence-corrected chi connectivity index (χ2v) is 1.92. The van der Waals surface area contributed by atoms with Gasteiger partial charge in [-0.2, -0.15) is 0 Å². The van der Waals surface area contributed by atoms with Crippen LogP contribution in [0, 0.1) is 0 Å². The molecule has 0 aromatic carbocycles. The molecule has 0 aliphatic carbocycles. The van der Waals surface area contributed by atoms with Crippen molar-refractivity contribution in [1.29, 1.82) is 0 Å². The van der Waals surface area contributed by atoms with Crippen LogP contribution in [0.1, 0.15) is 0 Å².